The lowest BCUT2D eigenvalue weighted by molar-refractivity contribution is 0.372. The van der Waals surface area contributed by atoms with Crippen molar-refractivity contribution in [3.63, 3.8) is 0 Å². The van der Waals surface area contributed by atoms with E-state index in [2.05, 4.69) is 37.5 Å². The van der Waals surface area contributed by atoms with E-state index in [1.807, 2.05) is 12.1 Å². The van der Waals surface area contributed by atoms with Crippen LogP contribution in [0.2, 0.25) is 0 Å². The van der Waals surface area contributed by atoms with Gasteiger partial charge in [0.25, 0.3) is 0 Å². The fourth-order valence-electron chi connectivity index (χ4n) is 3.85. The van der Waals surface area contributed by atoms with Crippen LogP contribution in [0, 0.1) is 11.3 Å². The van der Waals surface area contributed by atoms with Gasteiger partial charge in [-0.1, -0.05) is 19.8 Å². The zero-order valence-electron chi connectivity index (χ0n) is 13.2. The quantitative estimate of drug-likeness (QED) is 0.817. The molecule has 21 heavy (non-hydrogen) atoms. The molecule has 0 N–H and O–H groups in total. The Kier molecular flexibility index (Phi) is 3.49. The Bertz CT molecular complexity index is 697. The lowest BCUT2D eigenvalue weighted by Crippen LogP contribution is -2.26. The highest BCUT2D eigenvalue weighted by atomic mass is 15.1. The number of rotatable bonds is 3. The predicted octanol–water partition coefficient (Wildman–Crippen LogP) is 4.71. The Morgan fingerprint density at radius 3 is 2.62 bits per heavy atom. The molecule has 2 aromatic rings. The number of nitriles is 1. The first-order chi connectivity index (χ1) is 10.1. The molecule has 0 atom stereocenters. The number of aromatic nitrogens is 2. The molecule has 1 aliphatic rings. The van der Waals surface area contributed by atoms with Crippen LogP contribution in [0.1, 0.15) is 70.3 Å². The summed E-state index contributed by atoms with van der Waals surface area (Å²) in [5, 5.41) is 9.11. The van der Waals surface area contributed by atoms with Crippen LogP contribution in [0.25, 0.3) is 11.0 Å². The Labute approximate surface area is 126 Å². The summed E-state index contributed by atoms with van der Waals surface area (Å²) >= 11 is 0. The number of benzene rings is 1. The van der Waals surface area contributed by atoms with Crippen LogP contribution in [0.15, 0.2) is 18.2 Å². The van der Waals surface area contributed by atoms with Gasteiger partial charge in [0.15, 0.2) is 0 Å². The van der Waals surface area contributed by atoms with Crippen molar-refractivity contribution in [2.45, 2.75) is 64.3 Å². The van der Waals surface area contributed by atoms with Crippen LogP contribution in [0.4, 0.5) is 0 Å². The second-order valence-corrected chi connectivity index (χ2v) is 6.56. The van der Waals surface area contributed by atoms with Crippen molar-refractivity contribution in [3.8, 4) is 6.07 Å². The maximum atomic E-state index is 9.11. The monoisotopic (exact) mass is 281 g/mol. The van der Waals surface area contributed by atoms with Gasteiger partial charge in [-0.15, -0.1) is 0 Å². The van der Waals surface area contributed by atoms with Crippen LogP contribution in [0.5, 0.6) is 0 Å². The van der Waals surface area contributed by atoms with Crippen LogP contribution in [0.3, 0.4) is 0 Å². The Morgan fingerprint density at radius 2 is 2.05 bits per heavy atom. The van der Waals surface area contributed by atoms with Crippen molar-refractivity contribution in [1.82, 2.24) is 9.55 Å². The SMILES string of the molecule is CCC1(c2nc3cc(C#N)ccc3n2C(C)C)CCCC1. The molecule has 1 aliphatic carbocycles. The van der Waals surface area contributed by atoms with Gasteiger partial charge in [0, 0.05) is 11.5 Å². The van der Waals surface area contributed by atoms with Gasteiger partial charge in [0.1, 0.15) is 5.82 Å². The molecule has 0 bridgehead atoms. The van der Waals surface area contributed by atoms with Crippen molar-refractivity contribution in [2.75, 3.05) is 0 Å². The predicted molar refractivity (Wildman–Crippen MR) is 85.3 cm³/mol. The molecule has 0 aliphatic heterocycles. The van der Waals surface area contributed by atoms with E-state index >= 15 is 0 Å². The topological polar surface area (TPSA) is 41.6 Å². The van der Waals surface area contributed by atoms with Crippen LogP contribution in [-0.4, -0.2) is 9.55 Å². The number of imidazole rings is 1. The van der Waals surface area contributed by atoms with Gasteiger partial charge >= 0.3 is 0 Å². The van der Waals surface area contributed by atoms with Gasteiger partial charge < -0.3 is 4.57 Å². The summed E-state index contributed by atoms with van der Waals surface area (Å²) in [7, 11) is 0. The third-order valence-electron chi connectivity index (χ3n) is 5.05. The van der Waals surface area contributed by atoms with E-state index in [1.165, 1.54) is 37.0 Å². The van der Waals surface area contributed by atoms with Crippen LogP contribution < -0.4 is 0 Å². The number of hydrogen-bond acceptors (Lipinski definition) is 2. The molecular formula is C18H23N3. The second kappa shape index (κ2) is 5.18. The summed E-state index contributed by atoms with van der Waals surface area (Å²) in [6, 6.07) is 8.50. The molecule has 1 heterocycles. The Hall–Kier alpha value is -1.82. The zero-order chi connectivity index (χ0) is 15.0. The smallest absolute Gasteiger partial charge is 0.116 e. The van der Waals surface area contributed by atoms with Crippen molar-refractivity contribution < 1.29 is 0 Å². The van der Waals surface area contributed by atoms with Gasteiger partial charge in [-0.05, 0) is 51.3 Å². The molecule has 1 aromatic heterocycles. The normalized spacial score (nSPS) is 17.5. The molecule has 3 heteroatoms. The number of hydrogen-bond donors (Lipinski definition) is 0. The first-order valence-corrected chi connectivity index (χ1v) is 8.04. The summed E-state index contributed by atoms with van der Waals surface area (Å²) in [4.78, 5) is 4.98. The molecule has 0 spiro atoms. The van der Waals surface area contributed by atoms with Gasteiger partial charge in [-0.3, -0.25) is 0 Å². The molecule has 0 radical (unpaired) electrons. The van der Waals surface area contributed by atoms with Gasteiger partial charge in [-0.25, -0.2) is 4.98 Å². The van der Waals surface area contributed by atoms with Crippen LogP contribution >= 0.6 is 0 Å². The zero-order valence-corrected chi connectivity index (χ0v) is 13.2. The van der Waals surface area contributed by atoms with E-state index in [1.54, 1.807) is 0 Å². The van der Waals surface area contributed by atoms with Crippen LogP contribution in [-0.2, 0) is 5.41 Å². The van der Waals surface area contributed by atoms with Crippen molar-refractivity contribution in [1.29, 1.82) is 5.26 Å². The minimum Gasteiger partial charge on any atom is -0.325 e. The fraction of sp³-hybridized carbons (Fsp3) is 0.556. The van der Waals surface area contributed by atoms with E-state index in [0.29, 0.717) is 11.6 Å². The van der Waals surface area contributed by atoms with Gasteiger partial charge in [0.05, 0.1) is 22.7 Å². The molecule has 1 fully saturated rings. The Morgan fingerprint density at radius 1 is 1.33 bits per heavy atom. The van der Waals surface area contributed by atoms with E-state index in [9.17, 15) is 0 Å². The minimum atomic E-state index is 0.232. The molecule has 3 rings (SSSR count). The highest BCUT2D eigenvalue weighted by Gasteiger charge is 2.38. The first-order valence-electron chi connectivity index (χ1n) is 8.04. The standard InChI is InChI=1S/C18H23N3/c1-4-18(9-5-6-10-18)17-20-15-11-14(12-19)7-8-16(15)21(17)13(2)3/h7-8,11,13H,4-6,9-10H2,1-3H3. The second-order valence-electron chi connectivity index (χ2n) is 6.56. The molecule has 110 valence electrons. The third kappa shape index (κ3) is 2.14. The highest BCUT2D eigenvalue weighted by molar-refractivity contribution is 5.78. The lowest BCUT2D eigenvalue weighted by Gasteiger charge is -2.29. The maximum absolute atomic E-state index is 9.11. The fourth-order valence-corrected chi connectivity index (χ4v) is 3.85. The van der Waals surface area contributed by atoms with Crippen molar-refractivity contribution in [3.05, 3.63) is 29.6 Å². The third-order valence-corrected chi connectivity index (χ3v) is 5.05. The lowest BCUT2D eigenvalue weighted by atomic mass is 9.82. The summed E-state index contributed by atoms with van der Waals surface area (Å²) in [5.74, 6) is 1.24. The summed E-state index contributed by atoms with van der Waals surface area (Å²) in [6.45, 7) is 6.73. The number of nitrogens with zero attached hydrogens (tertiary/aromatic N) is 3. The van der Waals surface area contributed by atoms with Gasteiger partial charge in [0.2, 0.25) is 0 Å². The maximum Gasteiger partial charge on any atom is 0.116 e. The molecule has 1 saturated carbocycles. The van der Waals surface area contributed by atoms with Gasteiger partial charge in [-0.2, -0.15) is 5.26 Å². The molecular weight excluding hydrogens is 258 g/mol. The van der Waals surface area contributed by atoms with E-state index < -0.39 is 0 Å². The van der Waals surface area contributed by atoms with Crippen molar-refractivity contribution in [2.24, 2.45) is 0 Å². The van der Waals surface area contributed by atoms with Crippen molar-refractivity contribution >= 4 is 11.0 Å². The molecule has 0 saturated heterocycles. The minimum absolute atomic E-state index is 0.232. The summed E-state index contributed by atoms with van der Waals surface area (Å²) < 4.78 is 2.39. The molecule has 3 nitrogen and oxygen atoms in total. The first kappa shape index (κ1) is 14.1. The number of fused-ring (bicyclic) bond motifs is 1. The summed E-state index contributed by atoms with van der Waals surface area (Å²) in [5.41, 5.74) is 3.06. The average molecular weight is 281 g/mol. The highest BCUT2D eigenvalue weighted by Crippen LogP contribution is 2.44. The van der Waals surface area contributed by atoms with E-state index in [0.717, 1.165) is 11.9 Å². The Balaban J connectivity index is 2.26. The van der Waals surface area contributed by atoms with E-state index in [-0.39, 0.29) is 5.41 Å². The average Bonchev–Trinajstić information content (AvgIpc) is 3.11. The molecule has 0 amide bonds. The largest absolute Gasteiger partial charge is 0.325 e. The van der Waals surface area contributed by atoms with E-state index in [4.69, 9.17) is 10.2 Å². The summed E-state index contributed by atoms with van der Waals surface area (Å²) in [6.07, 6.45) is 6.24. The molecule has 0 unspecified atom stereocenters. The molecule has 1 aromatic carbocycles.